The molecule has 0 aliphatic heterocycles. The van der Waals surface area contributed by atoms with Gasteiger partial charge >= 0.3 is 0 Å². The summed E-state index contributed by atoms with van der Waals surface area (Å²) in [7, 11) is 0. The Hall–Kier alpha value is -0.790. The lowest BCUT2D eigenvalue weighted by atomic mass is 10.1. The van der Waals surface area contributed by atoms with Crippen molar-refractivity contribution >= 4 is 17.2 Å². The summed E-state index contributed by atoms with van der Waals surface area (Å²) in [5.74, 6) is 0. The van der Waals surface area contributed by atoms with Crippen molar-refractivity contribution in [2.75, 3.05) is 6.61 Å². The number of rotatable bonds is 2. The third-order valence-corrected chi connectivity index (χ3v) is 2.03. The maximum absolute atomic E-state index is 8.67. The van der Waals surface area contributed by atoms with Gasteiger partial charge in [0, 0.05) is 5.02 Å². The molecule has 0 saturated carbocycles. The topological polar surface area (TPSA) is 20.2 Å². The highest BCUT2D eigenvalue weighted by molar-refractivity contribution is 6.32. The van der Waals surface area contributed by atoms with Crippen LogP contribution in [0.1, 0.15) is 12.5 Å². The number of hydrogen-bond acceptors (Lipinski definition) is 1. The fourth-order valence-electron chi connectivity index (χ4n) is 1.03. The highest BCUT2D eigenvalue weighted by Gasteiger charge is 1.98. The molecule has 0 aromatic heterocycles. The fraction of sp³-hybridized carbons (Fsp3) is 0.200. The smallest absolute Gasteiger partial charge is 0.0618 e. The maximum atomic E-state index is 8.67. The normalized spacial score (nSPS) is 11.8. The molecule has 0 spiro atoms. The third kappa shape index (κ3) is 2.10. The van der Waals surface area contributed by atoms with E-state index in [2.05, 4.69) is 0 Å². The van der Waals surface area contributed by atoms with Gasteiger partial charge in [-0.2, -0.15) is 0 Å². The predicted molar refractivity (Wildman–Crippen MR) is 52.2 cm³/mol. The summed E-state index contributed by atoms with van der Waals surface area (Å²) in [6.07, 6.45) is 1.74. The summed E-state index contributed by atoms with van der Waals surface area (Å²) in [4.78, 5) is 0. The Morgan fingerprint density at radius 3 is 2.75 bits per heavy atom. The Balaban J connectivity index is 3.02. The second-order valence-corrected chi connectivity index (χ2v) is 2.96. The number of aliphatic hydroxyl groups excluding tert-OH is 1. The zero-order valence-corrected chi connectivity index (χ0v) is 7.67. The molecule has 1 aromatic rings. The second-order valence-electron chi connectivity index (χ2n) is 2.55. The van der Waals surface area contributed by atoms with Crippen LogP contribution in [0.5, 0.6) is 0 Å². The number of aliphatic hydroxyl groups is 1. The van der Waals surface area contributed by atoms with E-state index in [0.29, 0.717) is 0 Å². The van der Waals surface area contributed by atoms with E-state index in [-0.39, 0.29) is 6.61 Å². The van der Waals surface area contributed by atoms with Gasteiger partial charge in [0.05, 0.1) is 6.61 Å². The molecular weight excluding hydrogens is 172 g/mol. The Morgan fingerprint density at radius 1 is 1.50 bits per heavy atom. The van der Waals surface area contributed by atoms with Crippen molar-refractivity contribution in [2.24, 2.45) is 0 Å². The minimum Gasteiger partial charge on any atom is -0.392 e. The lowest BCUT2D eigenvalue weighted by Crippen LogP contribution is -1.83. The SMILES string of the molecule is C/C(=C\CO)c1ccccc1Cl. The summed E-state index contributed by atoms with van der Waals surface area (Å²) in [6.45, 7) is 1.98. The predicted octanol–water partition coefficient (Wildman–Crippen LogP) is 2.74. The van der Waals surface area contributed by atoms with Crippen LogP contribution in [0.4, 0.5) is 0 Å². The van der Waals surface area contributed by atoms with Crippen LogP contribution in [0.25, 0.3) is 5.57 Å². The number of benzene rings is 1. The molecule has 0 aliphatic carbocycles. The molecular formula is C10H11ClO. The van der Waals surface area contributed by atoms with Gasteiger partial charge in [-0.1, -0.05) is 35.9 Å². The molecule has 0 bridgehead atoms. The van der Waals surface area contributed by atoms with Crippen molar-refractivity contribution in [2.45, 2.75) is 6.92 Å². The van der Waals surface area contributed by atoms with Crippen LogP contribution in [-0.2, 0) is 0 Å². The van der Waals surface area contributed by atoms with Gasteiger partial charge in [-0.05, 0) is 24.1 Å². The zero-order chi connectivity index (χ0) is 8.97. The molecule has 0 aliphatic rings. The monoisotopic (exact) mass is 182 g/mol. The van der Waals surface area contributed by atoms with E-state index < -0.39 is 0 Å². The molecule has 1 rings (SSSR count). The minimum absolute atomic E-state index is 0.0526. The van der Waals surface area contributed by atoms with Crippen molar-refractivity contribution < 1.29 is 5.11 Å². The summed E-state index contributed by atoms with van der Waals surface area (Å²) in [6, 6.07) is 7.59. The van der Waals surface area contributed by atoms with Gasteiger partial charge in [0.1, 0.15) is 0 Å². The van der Waals surface area contributed by atoms with E-state index in [1.807, 2.05) is 31.2 Å². The Kier molecular flexibility index (Phi) is 3.32. The lowest BCUT2D eigenvalue weighted by Gasteiger charge is -2.02. The van der Waals surface area contributed by atoms with Gasteiger partial charge < -0.3 is 5.11 Å². The van der Waals surface area contributed by atoms with Crippen molar-refractivity contribution in [3.8, 4) is 0 Å². The van der Waals surface area contributed by atoms with Gasteiger partial charge in [-0.25, -0.2) is 0 Å². The highest BCUT2D eigenvalue weighted by Crippen LogP contribution is 2.22. The van der Waals surface area contributed by atoms with Crippen molar-refractivity contribution in [3.63, 3.8) is 0 Å². The first-order valence-corrected chi connectivity index (χ1v) is 4.16. The van der Waals surface area contributed by atoms with Crippen LogP contribution in [0.2, 0.25) is 5.02 Å². The molecule has 0 saturated heterocycles. The molecule has 0 unspecified atom stereocenters. The summed E-state index contributed by atoms with van der Waals surface area (Å²) < 4.78 is 0. The summed E-state index contributed by atoms with van der Waals surface area (Å²) in [5, 5.41) is 9.39. The molecule has 2 heteroatoms. The van der Waals surface area contributed by atoms with E-state index in [9.17, 15) is 0 Å². The number of halogens is 1. The van der Waals surface area contributed by atoms with E-state index in [1.165, 1.54) is 0 Å². The van der Waals surface area contributed by atoms with Gasteiger partial charge in [0.15, 0.2) is 0 Å². The van der Waals surface area contributed by atoms with Crippen LogP contribution in [-0.4, -0.2) is 11.7 Å². The number of hydrogen-bond donors (Lipinski definition) is 1. The molecule has 0 radical (unpaired) electrons. The number of allylic oxidation sites excluding steroid dienone is 1. The van der Waals surface area contributed by atoms with E-state index in [1.54, 1.807) is 6.08 Å². The fourth-order valence-corrected chi connectivity index (χ4v) is 1.31. The molecule has 1 N–H and O–H groups in total. The maximum Gasteiger partial charge on any atom is 0.0618 e. The quantitative estimate of drug-likeness (QED) is 0.746. The van der Waals surface area contributed by atoms with Crippen molar-refractivity contribution in [3.05, 3.63) is 40.9 Å². The van der Waals surface area contributed by atoms with Crippen LogP contribution in [0.15, 0.2) is 30.3 Å². The molecule has 0 amide bonds. The van der Waals surface area contributed by atoms with Gasteiger partial charge in [0.2, 0.25) is 0 Å². The first-order chi connectivity index (χ1) is 5.75. The molecule has 12 heavy (non-hydrogen) atoms. The minimum atomic E-state index is 0.0526. The third-order valence-electron chi connectivity index (χ3n) is 1.70. The molecule has 1 aromatic carbocycles. The summed E-state index contributed by atoms with van der Waals surface area (Å²) >= 11 is 5.93. The first-order valence-electron chi connectivity index (χ1n) is 3.78. The molecule has 0 fully saturated rings. The van der Waals surface area contributed by atoms with Gasteiger partial charge in [-0.3, -0.25) is 0 Å². The summed E-state index contributed by atoms with van der Waals surface area (Å²) in [5.41, 5.74) is 1.98. The van der Waals surface area contributed by atoms with Crippen LogP contribution < -0.4 is 0 Å². The van der Waals surface area contributed by atoms with E-state index in [4.69, 9.17) is 16.7 Å². The Morgan fingerprint density at radius 2 is 2.17 bits per heavy atom. The second kappa shape index (κ2) is 4.29. The van der Waals surface area contributed by atoms with E-state index >= 15 is 0 Å². The Labute approximate surface area is 77.3 Å². The molecule has 1 nitrogen and oxygen atoms in total. The standard InChI is InChI=1S/C10H11ClO/c1-8(6-7-12)9-4-2-3-5-10(9)11/h2-6,12H,7H2,1H3/b8-6+. The van der Waals surface area contributed by atoms with Crippen molar-refractivity contribution in [1.82, 2.24) is 0 Å². The molecule has 0 heterocycles. The van der Waals surface area contributed by atoms with Gasteiger partial charge in [-0.15, -0.1) is 0 Å². The first kappa shape index (κ1) is 9.30. The largest absolute Gasteiger partial charge is 0.392 e. The zero-order valence-electron chi connectivity index (χ0n) is 6.92. The van der Waals surface area contributed by atoms with Crippen molar-refractivity contribution in [1.29, 1.82) is 0 Å². The average Bonchev–Trinajstić information content (AvgIpc) is 2.05. The Bertz CT molecular complexity index is 292. The van der Waals surface area contributed by atoms with Crippen LogP contribution >= 0.6 is 11.6 Å². The highest BCUT2D eigenvalue weighted by atomic mass is 35.5. The van der Waals surface area contributed by atoms with Crippen LogP contribution in [0, 0.1) is 0 Å². The molecule has 0 atom stereocenters. The average molecular weight is 183 g/mol. The molecule has 64 valence electrons. The lowest BCUT2D eigenvalue weighted by molar-refractivity contribution is 0.343. The van der Waals surface area contributed by atoms with Crippen LogP contribution in [0.3, 0.4) is 0 Å². The van der Waals surface area contributed by atoms with E-state index in [0.717, 1.165) is 16.2 Å². The van der Waals surface area contributed by atoms with Gasteiger partial charge in [0.25, 0.3) is 0 Å².